The molecule has 0 fully saturated rings. The molecule has 0 saturated heterocycles. The van der Waals surface area contributed by atoms with Gasteiger partial charge in [0.2, 0.25) is 0 Å². The highest BCUT2D eigenvalue weighted by molar-refractivity contribution is 5.30. The van der Waals surface area contributed by atoms with Gasteiger partial charge in [-0.05, 0) is 32.7 Å². The maximum absolute atomic E-state index is 6.21. The molecule has 1 rings (SSSR count). The van der Waals surface area contributed by atoms with Gasteiger partial charge in [-0.1, -0.05) is 20.8 Å². The minimum atomic E-state index is -0.245. The molecule has 0 spiro atoms. The number of hydrogen-bond acceptors (Lipinski definition) is 4. The van der Waals surface area contributed by atoms with Gasteiger partial charge in [0.25, 0.3) is 0 Å². The molecule has 1 atom stereocenters. The zero-order valence-electron chi connectivity index (χ0n) is 14.4. The Hall–Kier alpha value is -1.07. The van der Waals surface area contributed by atoms with Crippen molar-refractivity contribution in [2.75, 3.05) is 20.3 Å². The third kappa shape index (κ3) is 3.77. The lowest BCUT2D eigenvalue weighted by Crippen LogP contribution is -2.46. The number of nitrogens with one attached hydrogen (secondary N) is 1. The van der Waals surface area contributed by atoms with Gasteiger partial charge >= 0.3 is 0 Å². The van der Waals surface area contributed by atoms with Crippen LogP contribution in [0.4, 0.5) is 0 Å². The molecule has 0 aliphatic rings. The first kappa shape index (κ1) is 18.0. The van der Waals surface area contributed by atoms with Crippen molar-refractivity contribution in [1.82, 2.24) is 15.1 Å². The lowest BCUT2D eigenvalue weighted by atomic mass is 9.85. The fourth-order valence-corrected chi connectivity index (χ4v) is 2.97. The normalized spacial score (nSPS) is 13.4. The second-order valence-electron chi connectivity index (χ2n) is 5.31. The van der Waals surface area contributed by atoms with E-state index in [2.05, 4.69) is 38.1 Å². The van der Waals surface area contributed by atoms with Crippen LogP contribution in [-0.2, 0) is 11.8 Å². The molecular weight excluding hydrogens is 266 g/mol. The van der Waals surface area contributed by atoms with Crippen LogP contribution in [0.1, 0.15) is 58.7 Å². The molecule has 1 aromatic heterocycles. The van der Waals surface area contributed by atoms with Crippen molar-refractivity contribution in [1.29, 1.82) is 0 Å². The van der Waals surface area contributed by atoms with E-state index in [1.807, 2.05) is 11.7 Å². The Morgan fingerprint density at radius 1 is 1.29 bits per heavy atom. The van der Waals surface area contributed by atoms with Crippen molar-refractivity contribution in [3.8, 4) is 5.75 Å². The monoisotopic (exact) mass is 297 g/mol. The standard InChI is InChI=1S/C16H31N3O2/c1-7-11-17-15(16(8-2,9-3)21-10-4)14-13(20-6)12-18-19(14)5/h12,15,17H,7-11H2,1-6H3. The summed E-state index contributed by atoms with van der Waals surface area (Å²) in [4.78, 5) is 0. The van der Waals surface area contributed by atoms with Crippen LogP contribution in [-0.4, -0.2) is 35.6 Å². The minimum Gasteiger partial charge on any atom is -0.493 e. The molecule has 21 heavy (non-hydrogen) atoms. The van der Waals surface area contributed by atoms with Crippen molar-refractivity contribution in [2.24, 2.45) is 7.05 Å². The summed E-state index contributed by atoms with van der Waals surface area (Å²) in [6.45, 7) is 10.2. The maximum Gasteiger partial charge on any atom is 0.161 e. The minimum absolute atomic E-state index is 0.0647. The van der Waals surface area contributed by atoms with Gasteiger partial charge in [0, 0.05) is 13.7 Å². The first-order chi connectivity index (χ1) is 10.1. The Bertz CT molecular complexity index is 414. The average molecular weight is 297 g/mol. The quantitative estimate of drug-likeness (QED) is 0.721. The molecular formula is C16H31N3O2. The van der Waals surface area contributed by atoms with Crippen molar-refractivity contribution >= 4 is 0 Å². The molecule has 0 amide bonds. The first-order valence-electron chi connectivity index (χ1n) is 8.03. The van der Waals surface area contributed by atoms with E-state index in [1.165, 1.54) is 0 Å². The van der Waals surface area contributed by atoms with E-state index in [0.29, 0.717) is 6.61 Å². The highest BCUT2D eigenvalue weighted by Crippen LogP contribution is 2.39. The lowest BCUT2D eigenvalue weighted by Gasteiger charge is -2.40. The van der Waals surface area contributed by atoms with E-state index in [9.17, 15) is 0 Å². The smallest absolute Gasteiger partial charge is 0.161 e. The lowest BCUT2D eigenvalue weighted by molar-refractivity contribution is -0.0753. The molecule has 0 bridgehead atoms. The van der Waals surface area contributed by atoms with Gasteiger partial charge in [0.1, 0.15) is 0 Å². The van der Waals surface area contributed by atoms with E-state index < -0.39 is 0 Å². The van der Waals surface area contributed by atoms with E-state index in [4.69, 9.17) is 9.47 Å². The fourth-order valence-electron chi connectivity index (χ4n) is 2.97. The fraction of sp³-hybridized carbons (Fsp3) is 0.812. The molecule has 0 aliphatic carbocycles. The Morgan fingerprint density at radius 3 is 2.43 bits per heavy atom. The van der Waals surface area contributed by atoms with Gasteiger partial charge in [0.15, 0.2) is 5.75 Å². The van der Waals surface area contributed by atoms with Crippen LogP contribution in [0.3, 0.4) is 0 Å². The zero-order valence-corrected chi connectivity index (χ0v) is 14.4. The Balaban J connectivity index is 3.28. The van der Waals surface area contributed by atoms with E-state index in [-0.39, 0.29) is 11.6 Å². The van der Waals surface area contributed by atoms with Gasteiger partial charge in [0.05, 0.1) is 30.6 Å². The molecule has 5 heteroatoms. The van der Waals surface area contributed by atoms with E-state index in [0.717, 1.165) is 37.3 Å². The Labute approximate surface area is 129 Å². The zero-order chi connectivity index (χ0) is 15.9. The third-order valence-corrected chi connectivity index (χ3v) is 4.20. The number of hydrogen-bond donors (Lipinski definition) is 1. The van der Waals surface area contributed by atoms with Crippen LogP contribution < -0.4 is 10.1 Å². The third-order valence-electron chi connectivity index (χ3n) is 4.20. The summed E-state index contributed by atoms with van der Waals surface area (Å²) in [6, 6.07) is 0.0647. The second-order valence-corrected chi connectivity index (χ2v) is 5.31. The Kier molecular flexibility index (Phi) is 7.18. The first-order valence-corrected chi connectivity index (χ1v) is 8.03. The Morgan fingerprint density at radius 2 is 1.95 bits per heavy atom. The summed E-state index contributed by atoms with van der Waals surface area (Å²) < 4.78 is 13.6. The van der Waals surface area contributed by atoms with Crippen LogP contribution in [0.15, 0.2) is 6.20 Å². The van der Waals surface area contributed by atoms with Crippen LogP contribution in [0.25, 0.3) is 0 Å². The molecule has 0 aliphatic heterocycles. The average Bonchev–Trinajstić information content (AvgIpc) is 2.87. The molecule has 0 aromatic carbocycles. The van der Waals surface area contributed by atoms with Crippen molar-refractivity contribution < 1.29 is 9.47 Å². The van der Waals surface area contributed by atoms with Gasteiger partial charge in [-0.25, -0.2) is 0 Å². The summed E-state index contributed by atoms with van der Waals surface area (Å²) in [6.07, 6.45) is 4.73. The molecule has 1 unspecified atom stereocenters. The molecule has 1 aromatic rings. The largest absolute Gasteiger partial charge is 0.493 e. The van der Waals surface area contributed by atoms with Crippen LogP contribution in [0.2, 0.25) is 0 Å². The topological polar surface area (TPSA) is 48.3 Å². The van der Waals surface area contributed by atoms with Gasteiger partial charge < -0.3 is 14.8 Å². The summed E-state index contributed by atoms with van der Waals surface area (Å²) in [5, 5.41) is 8.00. The van der Waals surface area contributed by atoms with Gasteiger partial charge in [-0.3, -0.25) is 4.68 Å². The van der Waals surface area contributed by atoms with Crippen molar-refractivity contribution in [3.05, 3.63) is 11.9 Å². The number of nitrogens with zero attached hydrogens (tertiary/aromatic N) is 2. The predicted octanol–water partition coefficient (Wildman–Crippen LogP) is 3.06. The molecule has 122 valence electrons. The van der Waals surface area contributed by atoms with E-state index >= 15 is 0 Å². The number of rotatable bonds is 10. The molecule has 0 saturated carbocycles. The summed E-state index contributed by atoms with van der Waals surface area (Å²) in [7, 11) is 3.65. The number of aromatic nitrogens is 2. The van der Waals surface area contributed by atoms with Crippen LogP contribution >= 0.6 is 0 Å². The van der Waals surface area contributed by atoms with Crippen molar-refractivity contribution in [2.45, 2.75) is 58.6 Å². The molecule has 0 radical (unpaired) electrons. The highest BCUT2D eigenvalue weighted by atomic mass is 16.5. The number of ether oxygens (including phenoxy) is 2. The second kappa shape index (κ2) is 8.39. The van der Waals surface area contributed by atoms with Gasteiger partial charge in [-0.15, -0.1) is 0 Å². The molecule has 1 heterocycles. The summed E-state index contributed by atoms with van der Waals surface area (Å²) in [5.41, 5.74) is 0.813. The number of aryl methyl sites for hydroxylation is 1. The molecule has 1 N–H and O–H groups in total. The van der Waals surface area contributed by atoms with Crippen LogP contribution in [0.5, 0.6) is 5.75 Å². The number of methoxy groups -OCH3 is 1. The summed E-state index contributed by atoms with van der Waals surface area (Å²) in [5.74, 6) is 0.817. The van der Waals surface area contributed by atoms with E-state index in [1.54, 1.807) is 13.3 Å². The SMILES string of the molecule is CCCNC(c1c(OC)cnn1C)C(CC)(CC)OCC. The summed E-state index contributed by atoms with van der Waals surface area (Å²) >= 11 is 0. The molecule has 5 nitrogen and oxygen atoms in total. The van der Waals surface area contributed by atoms with Crippen LogP contribution in [0, 0.1) is 0 Å². The highest BCUT2D eigenvalue weighted by Gasteiger charge is 2.40. The predicted molar refractivity (Wildman–Crippen MR) is 85.7 cm³/mol. The maximum atomic E-state index is 6.21. The van der Waals surface area contributed by atoms with Gasteiger partial charge in [-0.2, -0.15) is 5.10 Å². The van der Waals surface area contributed by atoms with Crippen molar-refractivity contribution in [3.63, 3.8) is 0 Å².